The number of benzene rings is 2. The third kappa shape index (κ3) is 5.51. The van der Waals surface area contributed by atoms with Crippen LogP contribution in [0.15, 0.2) is 58.7 Å². The molecule has 26 heavy (non-hydrogen) atoms. The number of halogens is 2. The third-order valence-electron chi connectivity index (χ3n) is 3.52. The van der Waals surface area contributed by atoms with E-state index < -0.39 is 5.91 Å². The summed E-state index contributed by atoms with van der Waals surface area (Å²) in [6, 6.07) is 14.6. The van der Waals surface area contributed by atoms with Gasteiger partial charge in [-0.1, -0.05) is 45.7 Å². The van der Waals surface area contributed by atoms with E-state index in [1.54, 1.807) is 18.2 Å². The number of carbonyl (C=O) groups is 1. The van der Waals surface area contributed by atoms with Crippen LogP contribution in [0.3, 0.4) is 0 Å². The van der Waals surface area contributed by atoms with Crippen molar-refractivity contribution < 1.29 is 9.53 Å². The zero-order valence-electron chi connectivity index (χ0n) is 14.1. The summed E-state index contributed by atoms with van der Waals surface area (Å²) in [5.41, 5.74) is 1.50. The van der Waals surface area contributed by atoms with Gasteiger partial charge in [0, 0.05) is 22.2 Å². The summed E-state index contributed by atoms with van der Waals surface area (Å²) >= 11 is 9.43. The van der Waals surface area contributed by atoms with E-state index >= 15 is 0 Å². The highest BCUT2D eigenvalue weighted by Crippen LogP contribution is 2.27. The number of carbonyl (C=O) groups excluding carboxylic acids is 1. The Morgan fingerprint density at radius 2 is 2.12 bits per heavy atom. The second-order valence-corrected chi connectivity index (χ2v) is 6.55. The minimum atomic E-state index is -0.540. The Morgan fingerprint density at radius 3 is 2.81 bits per heavy atom. The van der Waals surface area contributed by atoms with Crippen LogP contribution in [0.2, 0.25) is 5.02 Å². The van der Waals surface area contributed by atoms with E-state index in [-0.39, 0.29) is 5.57 Å². The molecule has 0 radical (unpaired) electrons. The Morgan fingerprint density at radius 1 is 1.35 bits per heavy atom. The first-order valence-corrected chi connectivity index (χ1v) is 8.94. The number of rotatable bonds is 7. The molecule has 0 heterocycles. The van der Waals surface area contributed by atoms with Gasteiger partial charge < -0.3 is 15.4 Å². The summed E-state index contributed by atoms with van der Waals surface area (Å²) in [6.07, 6.45) is 2.16. The SMILES string of the molecule is COc1ccc(Cl)cc1NC(=O)/C(C#N)=C\NCCc1ccccc1Br. The molecule has 2 aromatic carbocycles. The number of anilines is 1. The van der Waals surface area contributed by atoms with Crippen molar-refractivity contribution in [2.75, 3.05) is 19.0 Å². The maximum Gasteiger partial charge on any atom is 0.267 e. The maximum atomic E-state index is 12.3. The summed E-state index contributed by atoms with van der Waals surface area (Å²) in [5.74, 6) is -0.0802. The molecule has 0 atom stereocenters. The van der Waals surface area contributed by atoms with Gasteiger partial charge in [0.2, 0.25) is 0 Å². The molecule has 0 fully saturated rings. The summed E-state index contributed by atoms with van der Waals surface area (Å²) < 4.78 is 6.20. The lowest BCUT2D eigenvalue weighted by Crippen LogP contribution is -2.18. The van der Waals surface area contributed by atoms with Crippen LogP contribution in [0, 0.1) is 11.3 Å². The van der Waals surface area contributed by atoms with E-state index in [2.05, 4.69) is 26.6 Å². The highest BCUT2D eigenvalue weighted by molar-refractivity contribution is 9.10. The van der Waals surface area contributed by atoms with Crippen molar-refractivity contribution in [3.05, 3.63) is 69.3 Å². The van der Waals surface area contributed by atoms with Gasteiger partial charge in [0.15, 0.2) is 0 Å². The quantitative estimate of drug-likeness (QED) is 0.387. The predicted octanol–water partition coefficient (Wildman–Crippen LogP) is 4.29. The van der Waals surface area contributed by atoms with Crippen LogP contribution in [-0.4, -0.2) is 19.6 Å². The van der Waals surface area contributed by atoms with E-state index in [0.717, 1.165) is 16.5 Å². The Hall–Kier alpha value is -2.49. The molecule has 0 aromatic heterocycles. The van der Waals surface area contributed by atoms with E-state index in [1.807, 2.05) is 30.3 Å². The first-order valence-electron chi connectivity index (χ1n) is 7.77. The molecule has 2 aromatic rings. The monoisotopic (exact) mass is 433 g/mol. The highest BCUT2D eigenvalue weighted by Gasteiger charge is 2.12. The molecule has 0 aliphatic carbocycles. The Labute approximate surface area is 165 Å². The molecule has 2 N–H and O–H groups in total. The minimum Gasteiger partial charge on any atom is -0.495 e. The van der Waals surface area contributed by atoms with Gasteiger partial charge in [-0.2, -0.15) is 5.26 Å². The zero-order chi connectivity index (χ0) is 18.9. The van der Waals surface area contributed by atoms with Gasteiger partial charge in [-0.25, -0.2) is 0 Å². The average Bonchev–Trinajstić information content (AvgIpc) is 2.63. The molecule has 0 aliphatic heterocycles. The highest BCUT2D eigenvalue weighted by atomic mass is 79.9. The predicted molar refractivity (Wildman–Crippen MR) is 106 cm³/mol. The lowest BCUT2D eigenvalue weighted by molar-refractivity contribution is -0.112. The molecular formula is C19H17BrClN3O2. The van der Waals surface area contributed by atoms with Crippen LogP contribution in [-0.2, 0) is 11.2 Å². The molecule has 1 amide bonds. The van der Waals surface area contributed by atoms with E-state index in [9.17, 15) is 10.1 Å². The number of ether oxygens (including phenoxy) is 1. The fourth-order valence-corrected chi connectivity index (χ4v) is 2.85. The minimum absolute atomic E-state index is 0.0424. The molecular weight excluding hydrogens is 418 g/mol. The van der Waals surface area contributed by atoms with E-state index in [0.29, 0.717) is 23.0 Å². The smallest absolute Gasteiger partial charge is 0.267 e. The zero-order valence-corrected chi connectivity index (χ0v) is 16.4. The van der Waals surface area contributed by atoms with Crippen LogP contribution in [0.5, 0.6) is 5.75 Å². The van der Waals surface area contributed by atoms with Crippen LogP contribution >= 0.6 is 27.5 Å². The van der Waals surface area contributed by atoms with Crippen LogP contribution in [0.4, 0.5) is 5.69 Å². The number of hydrogen-bond donors (Lipinski definition) is 2. The normalized spacial score (nSPS) is 10.8. The van der Waals surface area contributed by atoms with Gasteiger partial charge in [0.05, 0.1) is 12.8 Å². The molecule has 5 nitrogen and oxygen atoms in total. The summed E-state index contributed by atoms with van der Waals surface area (Å²) in [5, 5.41) is 15.3. The topological polar surface area (TPSA) is 74.1 Å². The third-order valence-corrected chi connectivity index (χ3v) is 4.53. The Bertz CT molecular complexity index is 862. The molecule has 0 saturated carbocycles. The lowest BCUT2D eigenvalue weighted by Gasteiger charge is -2.10. The molecule has 0 spiro atoms. The number of nitriles is 1. The Kier molecular flexibility index (Phi) is 7.52. The number of hydrogen-bond acceptors (Lipinski definition) is 4. The van der Waals surface area contributed by atoms with Crippen molar-refractivity contribution in [1.82, 2.24) is 5.32 Å². The van der Waals surface area contributed by atoms with Gasteiger partial charge >= 0.3 is 0 Å². The summed E-state index contributed by atoms with van der Waals surface area (Å²) in [6.45, 7) is 0.585. The van der Waals surface area contributed by atoms with E-state index in [1.165, 1.54) is 13.3 Å². The molecule has 134 valence electrons. The van der Waals surface area contributed by atoms with Crippen molar-refractivity contribution in [2.45, 2.75) is 6.42 Å². The molecule has 0 aliphatic rings. The number of nitrogens with one attached hydrogen (secondary N) is 2. The first-order chi connectivity index (χ1) is 12.5. The molecule has 2 rings (SSSR count). The second kappa shape index (κ2) is 9.85. The molecule has 7 heteroatoms. The summed E-state index contributed by atoms with van der Waals surface area (Å²) in [7, 11) is 1.49. The van der Waals surface area contributed by atoms with Gasteiger partial charge in [-0.3, -0.25) is 4.79 Å². The van der Waals surface area contributed by atoms with Crippen molar-refractivity contribution >= 4 is 39.1 Å². The second-order valence-electron chi connectivity index (χ2n) is 5.26. The maximum absolute atomic E-state index is 12.3. The average molecular weight is 435 g/mol. The largest absolute Gasteiger partial charge is 0.495 e. The van der Waals surface area contributed by atoms with Crippen molar-refractivity contribution in [3.63, 3.8) is 0 Å². The van der Waals surface area contributed by atoms with Crippen molar-refractivity contribution in [2.24, 2.45) is 0 Å². The van der Waals surface area contributed by atoms with Crippen LogP contribution < -0.4 is 15.4 Å². The standard InChI is InChI=1S/C19H17BrClN3O2/c1-26-18-7-6-15(21)10-17(18)24-19(25)14(11-22)12-23-9-8-13-4-2-3-5-16(13)20/h2-7,10,12,23H,8-9H2,1H3,(H,24,25)/b14-12-. The lowest BCUT2D eigenvalue weighted by atomic mass is 10.1. The fourth-order valence-electron chi connectivity index (χ4n) is 2.20. The number of amides is 1. The molecule has 0 unspecified atom stereocenters. The van der Waals surface area contributed by atoms with Crippen molar-refractivity contribution in [1.29, 1.82) is 5.26 Å². The summed E-state index contributed by atoms with van der Waals surface area (Å²) in [4.78, 5) is 12.3. The van der Waals surface area contributed by atoms with Crippen LogP contribution in [0.1, 0.15) is 5.56 Å². The molecule has 0 saturated heterocycles. The van der Waals surface area contributed by atoms with Crippen molar-refractivity contribution in [3.8, 4) is 11.8 Å². The number of methoxy groups -OCH3 is 1. The Balaban J connectivity index is 1.98. The number of nitrogens with zero attached hydrogens (tertiary/aromatic N) is 1. The van der Waals surface area contributed by atoms with Gasteiger partial charge in [-0.05, 0) is 36.2 Å². The van der Waals surface area contributed by atoms with Crippen LogP contribution in [0.25, 0.3) is 0 Å². The fraction of sp³-hybridized carbons (Fsp3) is 0.158. The van der Waals surface area contributed by atoms with E-state index in [4.69, 9.17) is 16.3 Å². The first kappa shape index (κ1) is 19.8. The molecule has 0 bridgehead atoms. The van der Waals surface area contributed by atoms with Gasteiger partial charge in [0.1, 0.15) is 17.4 Å². The van der Waals surface area contributed by atoms with Gasteiger partial charge in [-0.15, -0.1) is 0 Å². The van der Waals surface area contributed by atoms with Gasteiger partial charge in [0.25, 0.3) is 5.91 Å².